The van der Waals surface area contributed by atoms with Crippen molar-refractivity contribution in [2.75, 3.05) is 6.54 Å². The van der Waals surface area contributed by atoms with Crippen molar-refractivity contribution in [2.45, 2.75) is 19.8 Å². The van der Waals surface area contributed by atoms with Crippen molar-refractivity contribution < 1.29 is 4.79 Å². The Labute approximate surface area is 104 Å². The molecule has 90 valence electrons. The monoisotopic (exact) mass is 249 g/mol. The molecule has 0 unspecified atom stereocenters. The summed E-state index contributed by atoms with van der Waals surface area (Å²) in [6.45, 7) is 2.56. The highest BCUT2D eigenvalue weighted by atomic mass is 32.1. The van der Waals surface area contributed by atoms with Gasteiger partial charge in [-0.2, -0.15) is 0 Å². The van der Waals surface area contributed by atoms with Gasteiger partial charge in [0.05, 0.1) is 6.42 Å². The molecule has 0 fully saturated rings. The van der Waals surface area contributed by atoms with E-state index in [-0.39, 0.29) is 5.91 Å². The molecule has 0 atom stereocenters. The molecular weight excluding hydrogens is 234 g/mol. The third kappa shape index (κ3) is 3.71. The average molecular weight is 249 g/mol. The first kappa shape index (κ1) is 11.9. The summed E-state index contributed by atoms with van der Waals surface area (Å²) in [7, 11) is 0. The first-order valence-electron chi connectivity index (χ1n) is 5.53. The smallest absolute Gasteiger partial charge is 0.225 e. The number of thiophene rings is 1. The first-order chi connectivity index (χ1) is 8.24. The van der Waals surface area contributed by atoms with Crippen molar-refractivity contribution in [1.29, 1.82) is 0 Å². The number of aromatic amines is 1. The summed E-state index contributed by atoms with van der Waals surface area (Å²) >= 11 is 1.61. The van der Waals surface area contributed by atoms with Crippen molar-refractivity contribution in [3.63, 3.8) is 0 Å². The van der Waals surface area contributed by atoms with Crippen LogP contribution >= 0.6 is 11.3 Å². The fourth-order valence-corrected chi connectivity index (χ4v) is 2.27. The largest absolute Gasteiger partial charge is 0.355 e. The fraction of sp³-hybridized carbons (Fsp3) is 0.333. The van der Waals surface area contributed by atoms with Gasteiger partial charge < -0.3 is 10.3 Å². The summed E-state index contributed by atoms with van der Waals surface area (Å²) in [5, 5.41) is 4.88. The van der Waals surface area contributed by atoms with Gasteiger partial charge >= 0.3 is 0 Å². The lowest BCUT2D eigenvalue weighted by Crippen LogP contribution is -2.27. The summed E-state index contributed by atoms with van der Waals surface area (Å²) in [5.74, 6) is 0.980. The number of nitrogens with zero attached hydrogens (tertiary/aromatic N) is 1. The Bertz CT molecular complexity index is 476. The predicted octanol–water partition coefficient (Wildman–Crippen LogP) is 1.68. The predicted molar refractivity (Wildman–Crippen MR) is 68.1 cm³/mol. The first-order valence-corrected chi connectivity index (χ1v) is 6.41. The second kappa shape index (κ2) is 5.63. The number of imidazole rings is 1. The van der Waals surface area contributed by atoms with Gasteiger partial charge in [0.15, 0.2) is 0 Å². The average Bonchev–Trinajstić information content (AvgIpc) is 2.90. The minimum atomic E-state index is 0.0729. The Balaban J connectivity index is 1.70. The van der Waals surface area contributed by atoms with Crippen LogP contribution in [0.4, 0.5) is 0 Å². The molecule has 0 saturated heterocycles. The van der Waals surface area contributed by atoms with Gasteiger partial charge in [0.2, 0.25) is 5.91 Å². The van der Waals surface area contributed by atoms with Gasteiger partial charge in [0, 0.05) is 29.7 Å². The molecule has 0 aliphatic carbocycles. The van der Waals surface area contributed by atoms with Gasteiger partial charge in [-0.25, -0.2) is 4.98 Å². The van der Waals surface area contributed by atoms with Crippen molar-refractivity contribution in [3.8, 4) is 0 Å². The number of aromatic nitrogens is 2. The Morgan fingerprint density at radius 1 is 1.59 bits per heavy atom. The molecular formula is C12H15N3OS. The maximum absolute atomic E-state index is 11.6. The highest BCUT2D eigenvalue weighted by Gasteiger charge is 2.04. The molecule has 0 aliphatic heterocycles. The zero-order valence-electron chi connectivity index (χ0n) is 9.69. The number of hydrogen-bond acceptors (Lipinski definition) is 3. The SMILES string of the molecule is Cc1ncc(CCNC(=O)Cc2cccs2)[nH]1. The minimum Gasteiger partial charge on any atom is -0.355 e. The molecule has 2 N–H and O–H groups in total. The summed E-state index contributed by atoms with van der Waals surface area (Å²) in [4.78, 5) is 19.9. The lowest BCUT2D eigenvalue weighted by Gasteiger charge is -2.02. The number of carbonyl (C=O) groups is 1. The molecule has 2 heterocycles. The number of aryl methyl sites for hydroxylation is 1. The molecule has 0 aliphatic rings. The zero-order valence-corrected chi connectivity index (χ0v) is 10.5. The van der Waals surface area contributed by atoms with E-state index in [1.165, 1.54) is 0 Å². The van der Waals surface area contributed by atoms with Crippen LogP contribution in [-0.2, 0) is 17.6 Å². The van der Waals surface area contributed by atoms with Gasteiger partial charge in [-0.3, -0.25) is 4.79 Å². The van der Waals surface area contributed by atoms with Crippen LogP contribution in [0.15, 0.2) is 23.7 Å². The van der Waals surface area contributed by atoms with Crippen molar-refractivity contribution >= 4 is 17.2 Å². The van der Waals surface area contributed by atoms with Gasteiger partial charge in [0.1, 0.15) is 5.82 Å². The third-order valence-corrected chi connectivity index (χ3v) is 3.26. The summed E-state index contributed by atoms with van der Waals surface area (Å²) in [5.41, 5.74) is 1.05. The van der Waals surface area contributed by atoms with Crippen LogP contribution in [0.2, 0.25) is 0 Å². The summed E-state index contributed by atoms with van der Waals surface area (Å²) in [6, 6.07) is 3.93. The summed E-state index contributed by atoms with van der Waals surface area (Å²) in [6.07, 6.45) is 3.07. The number of amides is 1. The number of nitrogens with one attached hydrogen (secondary N) is 2. The Morgan fingerprint density at radius 2 is 2.47 bits per heavy atom. The van der Waals surface area contributed by atoms with E-state index in [1.807, 2.05) is 24.4 Å². The normalized spacial score (nSPS) is 10.4. The maximum atomic E-state index is 11.6. The fourth-order valence-electron chi connectivity index (χ4n) is 1.57. The van der Waals surface area contributed by atoms with E-state index in [9.17, 15) is 4.79 Å². The van der Waals surface area contributed by atoms with E-state index in [1.54, 1.807) is 17.5 Å². The van der Waals surface area contributed by atoms with Crippen molar-refractivity contribution in [2.24, 2.45) is 0 Å². The van der Waals surface area contributed by atoms with Crippen LogP contribution < -0.4 is 5.32 Å². The minimum absolute atomic E-state index is 0.0729. The van der Waals surface area contributed by atoms with Crippen molar-refractivity contribution in [3.05, 3.63) is 40.1 Å². The van der Waals surface area contributed by atoms with E-state index in [4.69, 9.17) is 0 Å². The number of hydrogen-bond donors (Lipinski definition) is 2. The molecule has 2 rings (SSSR count). The number of H-pyrrole nitrogens is 1. The molecule has 0 spiro atoms. The molecule has 0 aromatic carbocycles. The molecule has 2 aromatic heterocycles. The molecule has 2 aromatic rings. The standard InChI is InChI=1S/C12H15N3OS/c1-9-14-8-10(15-9)4-5-13-12(16)7-11-3-2-6-17-11/h2-3,6,8H,4-5,7H2,1H3,(H,13,16)(H,14,15). The van der Waals surface area contributed by atoms with Gasteiger partial charge in [-0.05, 0) is 18.4 Å². The van der Waals surface area contributed by atoms with Crippen LogP contribution in [0.1, 0.15) is 16.4 Å². The second-order valence-corrected chi connectivity index (χ2v) is 4.88. The Hall–Kier alpha value is -1.62. The van der Waals surface area contributed by atoms with Crippen LogP contribution in [0.3, 0.4) is 0 Å². The maximum Gasteiger partial charge on any atom is 0.225 e. The van der Waals surface area contributed by atoms with E-state index in [0.29, 0.717) is 13.0 Å². The molecule has 0 saturated carbocycles. The van der Waals surface area contributed by atoms with Gasteiger partial charge in [0.25, 0.3) is 0 Å². The second-order valence-electron chi connectivity index (χ2n) is 3.85. The molecule has 1 amide bonds. The van der Waals surface area contributed by atoms with E-state index < -0.39 is 0 Å². The zero-order chi connectivity index (χ0) is 12.1. The van der Waals surface area contributed by atoms with Crippen LogP contribution in [0, 0.1) is 6.92 Å². The molecule has 17 heavy (non-hydrogen) atoms. The molecule has 0 bridgehead atoms. The Kier molecular flexibility index (Phi) is 3.93. The topological polar surface area (TPSA) is 57.8 Å². The highest BCUT2D eigenvalue weighted by molar-refractivity contribution is 7.10. The highest BCUT2D eigenvalue weighted by Crippen LogP contribution is 2.08. The number of rotatable bonds is 5. The van der Waals surface area contributed by atoms with Crippen LogP contribution in [0.25, 0.3) is 0 Å². The van der Waals surface area contributed by atoms with E-state index >= 15 is 0 Å². The third-order valence-electron chi connectivity index (χ3n) is 2.39. The van der Waals surface area contributed by atoms with Crippen LogP contribution in [-0.4, -0.2) is 22.4 Å². The van der Waals surface area contributed by atoms with Crippen LogP contribution in [0.5, 0.6) is 0 Å². The molecule has 5 heteroatoms. The number of carbonyl (C=O) groups excluding carboxylic acids is 1. The molecule has 4 nitrogen and oxygen atoms in total. The lowest BCUT2D eigenvalue weighted by molar-refractivity contribution is -0.120. The van der Waals surface area contributed by atoms with E-state index in [0.717, 1.165) is 22.8 Å². The lowest BCUT2D eigenvalue weighted by atomic mass is 10.3. The van der Waals surface area contributed by atoms with E-state index in [2.05, 4.69) is 15.3 Å². The van der Waals surface area contributed by atoms with Gasteiger partial charge in [-0.1, -0.05) is 6.07 Å². The van der Waals surface area contributed by atoms with Gasteiger partial charge in [-0.15, -0.1) is 11.3 Å². The molecule has 0 radical (unpaired) electrons. The van der Waals surface area contributed by atoms with Crippen molar-refractivity contribution in [1.82, 2.24) is 15.3 Å². The quantitative estimate of drug-likeness (QED) is 0.847. The summed E-state index contributed by atoms with van der Waals surface area (Å²) < 4.78 is 0. The Morgan fingerprint density at radius 3 is 3.12 bits per heavy atom.